The molecule has 0 saturated carbocycles. The maximum atomic E-state index is 13.0. The molecular formula is C46H60N2O6. The highest BCUT2D eigenvalue weighted by Gasteiger charge is 2.28. The number of anilines is 2. The van der Waals surface area contributed by atoms with Crippen molar-refractivity contribution in [3.8, 4) is 34.1 Å². The van der Waals surface area contributed by atoms with Crippen LogP contribution in [0.1, 0.15) is 129 Å². The second-order valence-electron chi connectivity index (χ2n) is 18.6. The Labute approximate surface area is 321 Å². The van der Waals surface area contributed by atoms with Gasteiger partial charge in [-0.25, -0.2) is 0 Å². The van der Waals surface area contributed by atoms with Crippen LogP contribution in [-0.4, -0.2) is 32.2 Å². The van der Waals surface area contributed by atoms with E-state index >= 15 is 0 Å². The van der Waals surface area contributed by atoms with Crippen LogP contribution in [0.3, 0.4) is 0 Å². The molecule has 0 aliphatic heterocycles. The van der Waals surface area contributed by atoms with E-state index in [9.17, 15) is 30.0 Å². The third kappa shape index (κ3) is 10.2. The van der Waals surface area contributed by atoms with Gasteiger partial charge in [-0.1, -0.05) is 119 Å². The lowest BCUT2D eigenvalue weighted by Crippen LogP contribution is -2.18. The van der Waals surface area contributed by atoms with E-state index in [4.69, 9.17) is 0 Å². The van der Waals surface area contributed by atoms with E-state index in [1.807, 2.05) is 24.3 Å². The van der Waals surface area contributed by atoms with Gasteiger partial charge in [-0.3, -0.25) is 9.59 Å². The minimum absolute atomic E-state index is 0.120. The Morgan fingerprint density at radius 2 is 0.741 bits per heavy atom. The first-order valence-corrected chi connectivity index (χ1v) is 18.8. The normalized spacial score (nSPS) is 12.4. The summed E-state index contributed by atoms with van der Waals surface area (Å²) in [7, 11) is 0. The zero-order valence-electron chi connectivity index (χ0n) is 34.2. The topological polar surface area (TPSA) is 139 Å². The lowest BCUT2D eigenvalue weighted by Gasteiger charge is -2.28. The molecule has 0 unspecified atom stereocenters. The van der Waals surface area contributed by atoms with E-state index in [1.54, 1.807) is 24.3 Å². The van der Waals surface area contributed by atoms with Crippen molar-refractivity contribution in [3.05, 3.63) is 94.0 Å². The quantitative estimate of drug-likeness (QED) is 0.0946. The van der Waals surface area contributed by atoms with Crippen molar-refractivity contribution < 1.29 is 30.0 Å². The number of phenolic OH excluding ortho intramolecular Hbond substituents is 4. The molecule has 8 nitrogen and oxygen atoms in total. The zero-order chi connectivity index (χ0) is 40.6. The van der Waals surface area contributed by atoms with E-state index in [0.717, 1.165) is 33.4 Å². The van der Waals surface area contributed by atoms with Crippen molar-refractivity contribution in [2.75, 3.05) is 10.6 Å². The van der Waals surface area contributed by atoms with Gasteiger partial charge in [0.2, 0.25) is 11.8 Å². The highest BCUT2D eigenvalue weighted by molar-refractivity contribution is 5.94. The molecule has 0 heterocycles. The third-order valence-corrected chi connectivity index (χ3v) is 9.73. The molecule has 0 atom stereocenters. The summed E-state index contributed by atoms with van der Waals surface area (Å²) >= 11 is 0. The van der Waals surface area contributed by atoms with Crippen LogP contribution in [0.25, 0.3) is 11.1 Å². The van der Waals surface area contributed by atoms with Gasteiger partial charge in [0.1, 0.15) is 23.0 Å². The summed E-state index contributed by atoms with van der Waals surface area (Å²) in [5.74, 6) is -0.155. The van der Waals surface area contributed by atoms with Crippen LogP contribution in [-0.2, 0) is 44.1 Å². The summed E-state index contributed by atoms with van der Waals surface area (Å²) in [5.41, 5.74) is 5.96. The summed E-state index contributed by atoms with van der Waals surface area (Å²) in [5, 5.41) is 49.3. The average Bonchev–Trinajstić information content (AvgIpc) is 3.03. The second kappa shape index (κ2) is 15.4. The van der Waals surface area contributed by atoms with Gasteiger partial charge < -0.3 is 31.1 Å². The molecule has 4 aromatic carbocycles. The molecule has 0 aromatic heterocycles. The Kier molecular flexibility index (Phi) is 11.9. The molecule has 6 N–H and O–H groups in total. The number of hydrogen-bond acceptors (Lipinski definition) is 6. The molecular weight excluding hydrogens is 677 g/mol. The van der Waals surface area contributed by atoms with E-state index in [1.165, 1.54) is 12.1 Å². The number of aryl methyl sites for hydroxylation is 2. The van der Waals surface area contributed by atoms with E-state index < -0.39 is 0 Å². The molecule has 54 heavy (non-hydrogen) atoms. The molecule has 0 bridgehead atoms. The predicted octanol–water partition coefficient (Wildman–Crippen LogP) is 10.5. The number of amides is 2. The third-order valence-electron chi connectivity index (χ3n) is 9.73. The smallest absolute Gasteiger partial charge is 0.224 e. The molecule has 0 spiro atoms. The number of nitrogens with one attached hydrogen (secondary N) is 2. The number of benzene rings is 4. The molecule has 0 aliphatic rings. The lowest BCUT2D eigenvalue weighted by molar-refractivity contribution is -0.117. The van der Waals surface area contributed by atoms with Crippen LogP contribution in [0.4, 0.5) is 11.4 Å². The van der Waals surface area contributed by atoms with Crippen LogP contribution in [0.2, 0.25) is 0 Å². The van der Waals surface area contributed by atoms with Crippen molar-refractivity contribution in [2.24, 2.45) is 0 Å². The summed E-state index contributed by atoms with van der Waals surface area (Å²) in [6.07, 6.45) is 1.30. The average molecular weight is 737 g/mol. The van der Waals surface area contributed by atoms with Gasteiger partial charge in [-0.15, -0.1) is 0 Å². The van der Waals surface area contributed by atoms with Crippen molar-refractivity contribution in [1.82, 2.24) is 0 Å². The Morgan fingerprint density at radius 1 is 0.463 bits per heavy atom. The van der Waals surface area contributed by atoms with Crippen molar-refractivity contribution in [3.63, 3.8) is 0 Å². The molecule has 0 saturated heterocycles. The van der Waals surface area contributed by atoms with Gasteiger partial charge in [-0.05, 0) is 103 Å². The Hall–Kier alpha value is -4.98. The van der Waals surface area contributed by atoms with Gasteiger partial charge in [0, 0.05) is 12.8 Å². The number of carbonyl (C=O) groups excluding carboxylic acids is 2. The van der Waals surface area contributed by atoms with E-state index in [-0.39, 0.29) is 69.2 Å². The predicted molar refractivity (Wildman–Crippen MR) is 220 cm³/mol. The molecule has 0 aliphatic carbocycles. The molecule has 290 valence electrons. The Morgan fingerprint density at radius 3 is 0.981 bits per heavy atom. The molecule has 2 amide bonds. The first-order valence-electron chi connectivity index (χ1n) is 18.8. The minimum Gasteiger partial charge on any atom is -0.507 e. The Balaban J connectivity index is 1.40. The number of aromatic hydroxyl groups is 4. The molecule has 4 aromatic rings. The first kappa shape index (κ1) is 41.8. The molecule has 0 radical (unpaired) electrons. The van der Waals surface area contributed by atoms with E-state index in [2.05, 4.69) is 93.7 Å². The van der Waals surface area contributed by atoms with E-state index in [0.29, 0.717) is 35.5 Å². The van der Waals surface area contributed by atoms with Gasteiger partial charge in [-0.2, -0.15) is 0 Å². The van der Waals surface area contributed by atoms with Gasteiger partial charge in [0.15, 0.2) is 0 Å². The minimum atomic E-state index is -0.273. The summed E-state index contributed by atoms with van der Waals surface area (Å²) in [6.45, 7) is 24.6. The fraction of sp³-hybridized carbons (Fsp3) is 0.435. The number of carbonyl (C=O) groups is 2. The summed E-state index contributed by atoms with van der Waals surface area (Å²) in [4.78, 5) is 26.0. The van der Waals surface area contributed by atoms with Crippen LogP contribution < -0.4 is 10.6 Å². The van der Waals surface area contributed by atoms with Crippen molar-refractivity contribution in [2.45, 2.75) is 130 Å². The van der Waals surface area contributed by atoms with Crippen molar-refractivity contribution >= 4 is 23.2 Å². The number of phenols is 4. The molecule has 4 rings (SSSR count). The van der Waals surface area contributed by atoms with Crippen LogP contribution in [0, 0.1) is 0 Å². The zero-order valence-corrected chi connectivity index (χ0v) is 34.2. The van der Waals surface area contributed by atoms with Crippen molar-refractivity contribution in [1.29, 1.82) is 0 Å². The van der Waals surface area contributed by atoms with Crippen LogP contribution in [0.5, 0.6) is 23.0 Å². The number of rotatable bonds is 9. The van der Waals surface area contributed by atoms with Gasteiger partial charge in [0.25, 0.3) is 0 Å². The molecule has 0 fully saturated rings. The van der Waals surface area contributed by atoms with Gasteiger partial charge >= 0.3 is 0 Å². The largest absolute Gasteiger partial charge is 0.507 e. The van der Waals surface area contributed by atoms with Crippen LogP contribution >= 0.6 is 0 Å². The lowest BCUT2D eigenvalue weighted by atomic mass is 9.78. The fourth-order valence-corrected chi connectivity index (χ4v) is 6.54. The first-order chi connectivity index (χ1) is 24.8. The fourth-order valence-electron chi connectivity index (χ4n) is 6.54. The van der Waals surface area contributed by atoms with Crippen LogP contribution in [0.15, 0.2) is 60.7 Å². The maximum absolute atomic E-state index is 13.0. The second-order valence-corrected chi connectivity index (χ2v) is 18.6. The summed E-state index contributed by atoms with van der Waals surface area (Å²) in [6, 6.07) is 17.6. The monoisotopic (exact) mass is 736 g/mol. The molecule has 8 heteroatoms. The maximum Gasteiger partial charge on any atom is 0.224 e. The highest BCUT2D eigenvalue weighted by Crippen LogP contribution is 2.42. The number of hydrogen-bond donors (Lipinski definition) is 6. The standard InChI is InChI=1S/C46H60N2O6/c1-43(2,3)31-21-27(22-32(41(31)53)44(4,5)6)13-19-39(51)47-35-17-15-29(25-37(35)49)30-16-18-36(38(50)26-30)48-40(52)20-14-28-23-33(45(7,8)9)42(54)34(24-28)46(10,11)12/h15-18,21-26,49-50,53-54H,13-14,19-20H2,1-12H3,(H,47,51)(H,48,52). The van der Waals surface area contributed by atoms with Gasteiger partial charge in [0.05, 0.1) is 11.4 Å². The highest BCUT2D eigenvalue weighted by atomic mass is 16.3. The summed E-state index contributed by atoms with van der Waals surface area (Å²) < 4.78 is 0. The SMILES string of the molecule is CC(C)(C)c1cc(CCC(=O)Nc2ccc(-c3ccc(NC(=O)CCc4cc(C(C)(C)C)c(O)c(C(C)(C)C)c4)c(O)c3)cc2O)cc(C(C)(C)C)c1O. The Bertz CT molecular complexity index is 1820.